The molecule has 1 aromatic heterocycles. The van der Waals surface area contributed by atoms with Crippen molar-refractivity contribution in [2.24, 2.45) is 11.1 Å². The number of hydrogen-bond donors (Lipinski definition) is 1. The number of pyridine rings is 1. The van der Waals surface area contributed by atoms with E-state index in [4.69, 9.17) is 17.3 Å². The minimum Gasteiger partial charge on any atom is -0.341 e. The summed E-state index contributed by atoms with van der Waals surface area (Å²) in [6.45, 7) is 5.14. The maximum atomic E-state index is 12.1. The van der Waals surface area contributed by atoms with Gasteiger partial charge in [-0.25, -0.2) is 0 Å². The highest BCUT2D eigenvalue weighted by molar-refractivity contribution is 6.33. The molecule has 0 aliphatic heterocycles. The fraction of sp³-hybridized carbons (Fsp3) is 0.500. The maximum absolute atomic E-state index is 12.1. The van der Waals surface area contributed by atoms with Crippen molar-refractivity contribution in [1.29, 1.82) is 0 Å². The second-order valence-corrected chi connectivity index (χ2v) is 5.29. The highest BCUT2D eigenvalue weighted by Crippen LogP contribution is 2.19. The van der Waals surface area contributed by atoms with Crippen LogP contribution in [0.2, 0.25) is 5.02 Å². The van der Waals surface area contributed by atoms with Gasteiger partial charge in [0.25, 0.3) is 5.91 Å². The number of rotatable bonds is 4. The van der Waals surface area contributed by atoms with Crippen molar-refractivity contribution in [2.75, 3.05) is 20.1 Å². The van der Waals surface area contributed by atoms with Crippen molar-refractivity contribution in [3.8, 4) is 0 Å². The summed E-state index contributed by atoms with van der Waals surface area (Å²) in [7, 11) is 1.75. The Morgan fingerprint density at radius 1 is 1.59 bits per heavy atom. The van der Waals surface area contributed by atoms with E-state index in [1.165, 1.54) is 6.20 Å². The van der Waals surface area contributed by atoms with Crippen LogP contribution in [0.3, 0.4) is 0 Å². The molecule has 1 heterocycles. The topological polar surface area (TPSA) is 59.2 Å². The Labute approximate surface area is 107 Å². The molecule has 0 aliphatic rings. The molecular weight excluding hydrogens is 238 g/mol. The number of carbonyl (C=O) groups excluding carboxylic acids is 1. The van der Waals surface area contributed by atoms with E-state index in [1.54, 1.807) is 24.2 Å². The molecule has 0 fully saturated rings. The van der Waals surface area contributed by atoms with Gasteiger partial charge in [0.15, 0.2) is 0 Å². The number of halogens is 1. The van der Waals surface area contributed by atoms with Gasteiger partial charge in [-0.1, -0.05) is 25.4 Å². The Morgan fingerprint density at radius 2 is 2.24 bits per heavy atom. The monoisotopic (exact) mass is 255 g/mol. The second kappa shape index (κ2) is 5.47. The molecule has 1 amide bonds. The first-order chi connectivity index (χ1) is 7.87. The van der Waals surface area contributed by atoms with Crippen molar-refractivity contribution in [2.45, 2.75) is 13.8 Å². The van der Waals surface area contributed by atoms with Gasteiger partial charge >= 0.3 is 0 Å². The first kappa shape index (κ1) is 13.9. The Bertz CT molecular complexity index is 406. The van der Waals surface area contributed by atoms with Gasteiger partial charge in [-0.2, -0.15) is 0 Å². The molecule has 2 N–H and O–H groups in total. The molecule has 0 bridgehead atoms. The maximum Gasteiger partial charge on any atom is 0.255 e. The first-order valence-corrected chi connectivity index (χ1v) is 5.80. The lowest BCUT2D eigenvalue weighted by Crippen LogP contribution is -2.39. The van der Waals surface area contributed by atoms with Crippen LogP contribution in [-0.4, -0.2) is 35.9 Å². The summed E-state index contributed by atoms with van der Waals surface area (Å²) in [4.78, 5) is 17.6. The van der Waals surface area contributed by atoms with Crippen LogP contribution in [0.5, 0.6) is 0 Å². The van der Waals surface area contributed by atoms with E-state index in [9.17, 15) is 4.79 Å². The molecule has 17 heavy (non-hydrogen) atoms. The van der Waals surface area contributed by atoms with Crippen molar-refractivity contribution in [3.63, 3.8) is 0 Å². The van der Waals surface area contributed by atoms with Crippen molar-refractivity contribution < 1.29 is 4.79 Å². The molecule has 0 saturated heterocycles. The molecule has 94 valence electrons. The molecule has 4 nitrogen and oxygen atoms in total. The van der Waals surface area contributed by atoms with Crippen LogP contribution in [0.25, 0.3) is 0 Å². The Balaban J connectivity index is 2.81. The van der Waals surface area contributed by atoms with Crippen LogP contribution in [-0.2, 0) is 0 Å². The standard InChI is InChI=1S/C12H18ClN3O/c1-12(2,7-14)8-16(3)11(17)9-4-5-15-6-10(9)13/h4-6H,7-8,14H2,1-3H3. The zero-order valence-electron chi connectivity index (χ0n) is 10.4. The summed E-state index contributed by atoms with van der Waals surface area (Å²) in [5, 5.41) is 0.370. The van der Waals surface area contributed by atoms with E-state index in [-0.39, 0.29) is 11.3 Å². The molecule has 0 saturated carbocycles. The normalized spacial score (nSPS) is 11.4. The molecule has 0 aromatic carbocycles. The number of nitrogens with two attached hydrogens (primary N) is 1. The van der Waals surface area contributed by atoms with E-state index < -0.39 is 0 Å². The molecule has 5 heteroatoms. The van der Waals surface area contributed by atoms with Crippen molar-refractivity contribution in [3.05, 3.63) is 29.0 Å². The summed E-state index contributed by atoms with van der Waals surface area (Å²) >= 11 is 5.93. The van der Waals surface area contributed by atoms with Crippen molar-refractivity contribution >= 4 is 17.5 Å². The number of amides is 1. The number of nitrogens with zero attached hydrogens (tertiary/aromatic N) is 2. The molecule has 1 rings (SSSR count). The van der Waals surface area contributed by atoms with Gasteiger partial charge in [0.05, 0.1) is 10.6 Å². The molecule has 0 radical (unpaired) electrons. The largest absolute Gasteiger partial charge is 0.341 e. The van der Waals surface area contributed by atoms with E-state index in [2.05, 4.69) is 4.98 Å². The predicted molar refractivity (Wildman–Crippen MR) is 69.0 cm³/mol. The van der Waals surface area contributed by atoms with Gasteiger partial charge in [-0.05, 0) is 18.0 Å². The highest BCUT2D eigenvalue weighted by Gasteiger charge is 2.22. The summed E-state index contributed by atoms with van der Waals surface area (Å²) < 4.78 is 0. The van der Waals surface area contributed by atoms with Crippen LogP contribution < -0.4 is 5.73 Å². The van der Waals surface area contributed by atoms with Crippen molar-refractivity contribution in [1.82, 2.24) is 9.88 Å². The fourth-order valence-electron chi connectivity index (χ4n) is 1.53. The van der Waals surface area contributed by atoms with Crippen LogP contribution in [0.4, 0.5) is 0 Å². The lowest BCUT2D eigenvalue weighted by molar-refractivity contribution is 0.0740. The van der Waals surface area contributed by atoms with Gasteiger partial charge in [-0.15, -0.1) is 0 Å². The lowest BCUT2D eigenvalue weighted by Gasteiger charge is -2.29. The van der Waals surface area contributed by atoms with E-state index in [1.807, 2.05) is 13.8 Å². The smallest absolute Gasteiger partial charge is 0.255 e. The van der Waals surface area contributed by atoms with Crippen LogP contribution >= 0.6 is 11.6 Å². The number of carbonyl (C=O) groups is 1. The van der Waals surface area contributed by atoms with Crippen LogP contribution in [0, 0.1) is 5.41 Å². The van der Waals surface area contributed by atoms with E-state index in [0.29, 0.717) is 23.7 Å². The average Bonchev–Trinajstić information content (AvgIpc) is 2.28. The van der Waals surface area contributed by atoms with Gasteiger partial charge in [0, 0.05) is 26.0 Å². The molecule has 0 atom stereocenters. The van der Waals surface area contributed by atoms with Crippen LogP contribution in [0.15, 0.2) is 18.5 Å². The fourth-order valence-corrected chi connectivity index (χ4v) is 1.73. The zero-order chi connectivity index (χ0) is 13.1. The third-order valence-electron chi connectivity index (χ3n) is 2.57. The van der Waals surface area contributed by atoms with Gasteiger partial charge in [0.1, 0.15) is 0 Å². The highest BCUT2D eigenvalue weighted by atomic mass is 35.5. The summed E-state index contributed by atoms with van der Waals surface area (Å²) in [6, 6.07) is 1.62. The molecule has 0 spiro atoms. The average molecular weight is 256 g/mol. The summed E-state index contributed by atoms with van der Waals surface area (Å²) in [6.07, 6.45) is 3.03. The quantitative estimate of drug-likeness (QED) is 0.892. The second-order valence-electron chi connectivity index (χ2n) is 4.89. The minimum atomic E-state index is -0.112. The number of hydrogen-bond acceptors (Lipinski definition) is 3. The third-order valence-corrected chi connectivity index (χ3v) is 2.87. The zero-order valence-corrected chi connectivity index (χ0v) is 11.2. The van der Waals surface area contributed by atoms with Gasteiger partial charge in [-0.3, -0.25) is 9.78 Å². The Hall–Kier alpha value is -1.13. The first-order valence-electron chi connectivity index (χ1n) is 5.42. The minimum absolute atomic E-state index is 0.107. The lowest BCUT2D eigenvalue weighted by atomic mass is 9.93. The van der Waals surface area contributed by atoms with E-state index >= 15 is 0 Å². The van der Waals surface area contributed by atoms with Crippen LogP contribution in [0.1, 0.15) is 24.2 Å². The van der Waals surface area contributed by atoms with E-state index in [0.717, 1.165) is 0 Å². The SMILES string of the molecule is CN(CC(C)(C)CN)C(=O)c1ccncc1Cl. The molecule has 0 aliphatic carbocycles. The Kier molecular flexibility index (Phi) is 4.48. The Morgan fingerprint density at radius 3 is 2.76 bits per heavy atom. The molecular formula is C12H18ClN3O. The van der Waals surface area contributed by atoms with Gasteiger partial charge < -0.3 is 10.6 Å². The number of aromatic nitrogens is 1. The summed E-state index contributed by atoms with van der Waals surface area (Å²) in [5.41, 5.74) is 6.01. The molecule has 1 aromatic rings. The summed E-state index contributed by atoms with van der Waals surface area (Å²) in [5.74, 6) is -0.112. The third kappa shape index (κ3) is 3.68. The molecule has 0 unspecified atom stereocenters. The predicted octanol–water partition coefficient (Wildman–Crippen LogP) is 1.79. The van der Waals surface area contributed by atoms with Gasteiger partial charge in [0.2, 0.25) is 0 Å².